The molecule has 0 spiro atoms. The first kappa shape index (κ1) is 22.5. The lowest BCUT2D eigenvalue weighted by Crippen LogP contribution is -2.21. The van der Waals surface area contributed by atoms with Crippen LogP contribution in [0.5, 0.6) is 11.6 Å². The van der Waals surface area contributed by atoms with Gasteiger partial charge in [-0.3, -0.25) is 15.1 Å². The van der Waals surface area contributed by atoms with E-state index in [1.807, 2.05) is 6.07 Å². The number of fused-ring (bicyclic) bond motifs is 3. The van der Waals surface area contributed by atoms with Gasteiger partial charge in [-0.25, -0.2) is 9.78 Å². The van der Waals surface area contributed by atoms with Crippen LogP contribution in [0.2, 0.25) is 5.02 Å². The van der Waals surface area contributed by atoms with Crippen LogP contribution in [-0.2, 0) is 0 Å². The van der Waals surface area contributed by atoms with Gasteiger partial charge in [0.05, 0.1) is 22.6 Å². The van der Waals surface area contributed by atoms with Gasteiger partial charge in [-0.05, 0) is 30.4 Å². The van der Waals surface area contributed by atoms with E-state index < -0.39 is 6.03 Å². The molecule has 1 aliphatic rings. The summed E-state index contributed by atoms with van der Waals surface area (Å²) < 4.78 is 11.2. The maximum atomic E-state index is 12.6. The third kappa shape index (κ3) is 5.37. The third-order valence-corrected chi connectivity index (χ3v) is 4.73. The van der Waals surface area contributed by atoms with Crippen LogP contribution in [0, 0.1) is 11.3 Å². The summed E-state index contributed by atoms with van der Waals surface area (Å²) >= 11 is 6.36. The van der Waals surface area contributed by atoms with E-state index in [0.717, 1.165) is 0 Å². The highest BCUT2D eigenvalue weighted by molar-refractivity contribution is 6.34. The Balaban J connectivity index is 1.61. The number of amides is 3. The van der Waals surface area contributed by atoms with Crippen molar-refractivity contribution in [3.8, 4) is 17.7 Å². The van der Waals surface area contributed by atoms with Gasteiger partial charge in [-0.2, -0.15) is 10.2 Å². The molecule has 2 bridgehead atoms. The highest BCUT2D eigenvalue weighted by Gasteiger charge is 2.17. The standard InChI is InChI=1S/C22H16ClN7O4/c23-14-9-16-18(10-15(14)27-20(31)13-3-5-25-6-4-13)33-7-1-2-8-34-21-17(11-24)26-12-19(29-21)30-22(32)28-16/h1-6,9-10,12H,7-8H2,(H,27,31)(H2,28,29,30,32)/b2-1-. The normalized spacial score (nSPS) is 13.9. The summed E-state index contributed by atoms with van der Waals surface area (Å²) in [5.41, 5.74) is 0.935. The van der Waals surface area contributed by atoms with Gasteiger partial charge >= 0.3 is 6.03 Å². The first-order valence-corrected chi connectivity index (χ1v) is 10.2. The zero-order valence-electron chi connectivity index (χ0n) is 17.4. The molecule has 0 saturated heterocycles. The number of benzene rings is 1. The molecule has 3 heterocycles. The lowest BCUT2D eigenvalue weighted by Gasteiger charge is -2.16. The highest BCUT2D eigenvalue weighted by Crippen LogP contribution is 2.35. The number of hydrogen-bond donors (Lipinski definition) is 3. The number of nitriles is 1. The maximum absolute atomic E-state index is 12.6. The van der Waals surface area contributed by atoms with Crippen molar-refractivity contribution in [2.24, 2.45) is 0 Å². The molecular weight excluding hydrogens is 462 g/mol. The van der Waals surface area contributed by atoms with Gasteiger partial charge in [-0.1, -0.05) is 11.6 Å². The van der Waals surface area contributed by atoms with Crippen LogP contribution < -0.4 is 25.4 Å². The second-order valence-corrected chi connectivity index (χ2v) is 7.12. The number of ether oxygens (including phenoxy) is 2. The van der Waals surface area contributed by atoms with E-state index in [1.165, 1.54) is 30.7 Å². The Kier molecular flexibility index (Phi) is 6.81. The van der Waals surface area contributed by atoms with Crippen molar-refractivity contribution in [1.82, 2.24) is 15.0 Å². The Morgan fingerprint density at radius 1 is 1.15 bits per heavy atom. The molecule has 0 unspecified atom stereocenters. The van der Waals surface area contributed by atoms with Crippen LogP contribution in [0.3, 0.4) is 0 Å². The Morgan fingerprint density at radius 3 is 2.68 bits per heavy atom. The van der Waals surface area contributed by atoms with E-state index in [9.17, 15) is 9.59 Å². The summed E-state index contributed by atoms with van der Waals surface area (Å²) in [7, 11) is 0. The number of anilines is 3. The number of halogens is 1. The molecule has 3 amide bonds. The van der Waals surface area contributed by atoms with Crippen molar-refractivity contribution in [1.29, 1.82) is 5.26 Å². The van der Waals surface area contributed by atoms with Crippen molar-refractivity contribution in [2.75, 3.05) is 29.2 Å². The molecule has 4 rings (SSSR count). The quantitative estimate of drug-likeness (QED) is 0.473. The molecule has 2 aromatic heterocycles. The molecule has 0 fully saturated rings. The first-order valence-electron chi connectivity index (χ1n) is 9.84. The number of urea groups is 1. The fourth-order valence-corrected chi connectivity index (χ4v) is 3.06. The summed E-state index contributed by atoms with van der Waals surface area (Å²) in [6, 6.07) is 7.31. The Bertz CT molecular complexity index is 1310. The molecule has 0 aliphatic carbocycles. The summed E-state index contributed by atoms with van der Waals surface area (Å²) in [6.07, 6.45) is 7.60. The average molecular weight is 478 g/mol. The second-order valence-electron chi connectivity index (χ2n) is 6.71. The van der Waals surface area contributed by atoms with Crippen LogP contribution in [0.15, 0.2) is 55.0 Å². The summed E-state index contributed by atoms with van der Waals surface area (Å²) in [5, 5.41) is 17.2. The van der Waals surface area contributed by atoms with Crippen molar-refractivity contribution in [3.05, 3.63) is 71.3 Å². The van der Waals surface area contributed by atoms with Gasteiger partial charge in [-0.15, -0.1) is 0 Å². The number of carbonyl (C=O) groups excluding carboxylic acids is 2. The van der Waals surface area contributed by atoms with Gasteiger partial charge in [0.15, 0.2) is 5.82 Å². The molecule has 11 nitrogen and oxygen atoms in total. The SMILES string of the molecule is N#Cc1ncc2nc1OC/C=C\COc1cc(NC(=O)c3ccncc3)c(Cl)cc1NC(=O)N2. The lowest BCUT2D eigenvalue weighted by atomic mass is 10.2. The molecule has 34 heavy (non-hydrogen) atoms. The number of pyridine rings is 1. The van der Waals surface area contributed by atoms with Gasteiger partial charge in [0.25, 0.3) is 11.8 Å². The van der Waals surface area contributed by atoms with Crippen LogP contribution in [0.25, 0.3) is 0 Å². The topological polar surface area (TPSA) is 151 Å². The Labute approximate surface area is 198 Å². The largest absolute Gasteiger partial charge is 0.487 e. The van der Waals surface area contributed by atoms with E-state index in [0.29, 0.717) is 11.3 Å². The number of hydrogen-bond acceptors (Lipinski definition) is 8. The smallest absolute Gasteiger partial charge is 0.325 e. The van der Waals surface area contributed by atoms with Crippen LogP contribution in [-0.4, -0.2) is 40.1 Å². The third-order valence-electron chi connectivity index (χ3n) is 4.41. The van der Waals surface area contributed by atoms with E-state index in [2.05, 4.69) is 30.9 Å². The molecule has 3 N–H and O–H groups in total. The van der Waals surface area contributed by atoms with Crippen LogP contribution >= 0.6 is 11.6 Å². The molecular formula is C22H16ClN7O4. The summed E-state index contributed by atoms with van der Waals surface area (Å²) in [6.45, 7) is 0.221. The molecule has 170 valence electrons. The minimum absolute atomic E-state index is 0.0128. The van der Waals surface area contributed by atoms with Crippen molar-refractivity contribution in [2.45, 2.75) is 0 Å². The monoisotopic (exact) mass is 477 g/mol. The summed E-state index contributed by atoms with van der Waals surface area (Å²) in [4.78, 5) is 37.0. The van der Waals surface area contributed by atoms with Gasteiger partial charge < -0.3 is 20.1 Å². The second kappa shape index (κ2) is 10.3. The average Bonchev–Trinajstić information content (AvgIpc) is 2.83. The van der Waals surface area contributed by atoms with Gasteiger partial charge in [0.1, 0.15) is 25.0 Å². The fraction of sp³-hybridized carbons (Fsp3) is 0.0909. The van der Waals surface area contributed by atoms with E-state index in [1.54, 1.807) is 24.3 Å². The number of nitrogens with one attached hydrogen (secondary N) is 3. The van der Waals surface area contributed by atoms with Gasteiger partial charge in [0, 0.05) is 24.0 Å². The number of nitrogens with zero attached hydrogens (tertiary/aromatic N) is 4. The zero-order valence-corrected chi connectivity index (χ0v) is 18.2. The molecule has 1 aliphatic heterocycles. The van der Waals surface area contributed by atoms with Crippen LogP contribution in [0.4, 0.5) is 22.0 Å². The van der Waals surface area contributed by atoms with Gasteiger partial charge in [0.2, 0.25) is 5.69 Å². The Hall–Kier alpha value is -4.69. The van der Waals surface area contributed by atoms with Crippen molar-refractivity contribution >= 4 is 40.7 Å². The Morgan fingerprint density at radius 2 is 1.91 bits per heavy atom. The number of rotatable bonds is 2. The summed E-state index contributed by atoms with van der Waals surface area (Å²) in [5.74, 6) is -0.0646. The maximum Gasteiger partial charge on any atom is 0.325 e. The number of carbonyl (C=O) groups is 2. The predicted molar refractivity (Wildman–Crippen MR) is 123 cm³/mol. The van der Waals surface area contributed by atoms with E-state index >= 15 is 0 Å². The predicted octanol–water partition coefficient (Wildman–Crippen LogP) is 3.62. The molecule has 0 saturated carbocycles. The molecule has 1 aromatic carbocycles. The molecule has 12 heteroatoms. The minimum Gasteiger partial charge on any atom is -0.487 e. The molecule has 0 atom stereocenters. The minimum atomic E-state index is -0.660. The van der Waals surface area contributed by atoms with Crippen LogP contribution in [0.1, 0.15) is 16.1 Å². The zero-order chi connectivity index (χ0) is 23.9. The van der Waals surface area contributed by atoms with Crippen molar-refractivity contribution < 1.29 is 19.1 Å². The highest BCUT2D eigenvalue weighted by atomic mass is 35.5. The first-order chi connectivity index (χ1) is 16.5. The lowest BCUT2D eigenvalue weighted by molar-refractivity contribution is 0.102. The van der Waals surface area contributed by atoms with E-state index in [4.69, 9.17) is 26.3 Å². The molecule has 3 aromatic rings. The number of aromatic nitrogens is 3. The van der Waals surface area contributed by atoms with E-state index in [-0.39, 0.29) is 53.0 Å². The fourth-order valence-electron chi connectivity index (χ4n) is 2.84. The van der Waals surface area contributed by atoms with Crippen molar-refractivity contribution in [3.63, 3.8) is 0 Å². The molecule has 0 radical (unpaired) electrons.